The molecule has 1 N–H and O–H groups in total. The van der Waals surface area contributed by atoms with Crippen molar-refractivity contribution in [1.29, 1.82) is 0 Å². The van der Waals surface area contributed by atoms with E-state index in [1.165, 1.54) is 0 Å². The summed E-state index contributed by atoms with van der Waals surface area (Å²) >= 11 is 0. The van der Waals surface area contributed by atoms with Crippen LogP contribution in [0.1, 0.15) is 0 Å². The van der Waals surface area contributed by atoms with Crippen LogP contribution in [-0.2, 0) is 0 Å². The van der Waals surface area contributed by atoms with Gasteiger partial charge in [-0.25, -0.2) is 0 Å². The largest absolute Gasteiger partial charge is 0.314 e. The molecule has 11 heavy (non-hydrogen) atoms. The Kier molecular flexibility index (Phi) is 3.25. The van der Waals surface area contributed by atoms with Crippen LogP contribution in [0.25, 0.3) is 0 Å². The van der Waals surface area contributed by atoms with Gasteiger partial charge in [-0.05, 0) is 0 Å². The molecule has 0 spiro atoms. The predicted molar refractivity (Wildman–Crippen MR) is 41.2 cm³/mol. The van der Waals surface area contributed by atoms with E-state index < -0.39 is 0 Å². The standard InChI is InChI=1S/C6H13N3O2/c10-9(11)6-5-8-3-1-7-2-4-8/h7H,1-6H2. The minimum Gasteiger partial charge on any atom is -0.314 e. The van der Waals surface area contributed by atoms with Crippen LogP contribution in [0, 0.1) is 10.1 Å². The van der Waals surface area contributed by atoms with E-state index in [-0.39, 0.29) is 11.5 Å². The molecule has 0 aliphatic carbocycles. The lowest BCUT2D eigenvalue weighted by atomic mass is 10.3. The monoisotopic (exact) mass is 159 g/mol. The second kappa shape index (κ2) is 4.25. The molecule has 1 aliphatic rings. The Bertz CT molecular complexity index is 134. The van der Waals surface area contributed by atoms with Crippen LogP contribution >= 0.6 is 0 Å². The summed E-state index contributed by atoms with van der Waals surface area (Å²) in [6.07, 6.45) is 0. The minimum atomic E-state index is -0.262. The van der Waals surface area contributed by atoms with Crippen molar-refractivity contribution >= 4 is 0 Å². The molecule has 0 aromatic heterocycles. The fourth-order valence-electron chi connectivity index (χ4n) is 1.16. The molecule has 1 aliphatic heterocycles. The highest BCUT2D eigenvalue weighted by atomic mass is 16.6. The maximum atomic E-state index is 10.0. The molecular formula is C6H13N3O2. The zero-order valence-electron chi connectivity index (χ0n) is 6.45. The number of rotatable bonds is 3. The summed E-state index contributed by atoms with van der Waals surface area (Å²) in [5.41, 5.74) is 0. The number of hydrogen-bond acceptors (Lipinski definition) is 4. The molecule has 64 valence electrons. The smallest absolute Gasteiger partial charge is 0.216 e. The van der Waals surface area contributed by atoms with Gasteiger partial charge in [0, 0.05) is 31.1 Å². The highest BCUT2D eigenvalue weighted by Crippen LogP contribution is 1.90. The Hall–Kier alpha value is -0.680. The second-order valence-corrected chi connectivity index (χ2v) is 2.65. The number of piperazine rings is 1. The first-order valence-electron chi connectivity index (χ1n) is 3.84. The van der Waals surface area contributed by atoms with Gasteiger partial charge < -0.3 is 5.32 Å². The maximum Gasteiger partial charge on any atom is 0.216 e. The fraction of sp³-hybridized carbons (Fsp3) is 1.00. The first kappa shape index (κ1) is 8.42. The van der Waals surface area contributed by atoms with E-state index in [0.717, 1.165) is 26.2 Å². The van der Waals surface area contributed by atoms with Crippen molar-refractivity contribution in [2.75, 3.05) is 39.3 Å². The van der Waals surface area contributed by atoms with E-state index in [2.05, 4.69) is 10.2 Å². The van der Waals surface area contributed by atoms with E-state index in [1.54, 1.807) is 0 Å². The highest BCUT2D eigenvalue weighted by Gasteiger charge is 2.10. The molecule has 1 heterocycles. The molecule has 0 amide bonds. The number of nitrogens with one attached hydrogen (secondary N) is 1. The lowest BCUT2D eigenvalue weighted by Crippen LogP contribution is -2.45. The van der Waals surface area contributed by atoms with Crippen LogP contribution in [0.2, 0.25) is 0 Å². The van der Waals surface area contributed by atoms with Crippen molar-refractivity contribution < 1.29 is 4.92 Å². The number of nitrogens with zero attached hydrogens (tertiary/aromatic N) is 2. The zero-order chi connectivity index (χ0) is 8.10. The third kappa shape index (κ3) is 3.29. The molecule has 0 bridgehead atoms. The quantitative estimate of drug-likeness (QED) is 0.431. The van der Waals surface area contributed by atoms with Crippen molar-refractivity contribution in [1.82, 2.24) is 10.2 Å². The first-order chi connectivity index (χ1) is 5.29. The van der Waals surface area contributed by atoms with Crippen LogP contribution in [-0.4, -0.2) is 49.1 Å². The Balaban J connectivity index is 2.09. The molecule has 0 atom stereocenters. The van der Waals surface area contributed by atoms with Crippen molar-refractivity contribution in [2.24, 2.45) is 0 Å². The number of nitro groups is 1. The Morgan fingerprint density at radius 2 is 2.09 bits per heavy atom. The summed E-state index contributed by atoms with van der Waals surface area (Å²) < 4.78 is 0. The Morgan fingerprint density at radius 3 is 2.64 bits per heavy atom. The summed E-state index contributed by atoms with van der Waals surface area (Å²) in [5, 5.41) is 13.2. The Labute approximate surface area is 65.5 Å². The molecule has 0 aromatic carbocycles. The van der Waals surface area contributed by atoms with Crippen LogP contribution < -0.4 is 5.32 Å². The lowest BCUT2D eigenvalue weighted by Gasteiger charge is -2.25. The van der Waals surface area contributed by atoms with Crippen molar-refractivity contribution in [3.63, 3.8) is 0 Å². The van der Waals surface area contributed by atoms with Crippen LogP contribution in [0.5, 0.6) is 0 Å². The van der Waals surface area contributed by atoms with Gasteiger partial charge in [0.15, 0.2) is 0 Å². The molecule has 0 unspecified atom stereocenters. The molecule has 0 saturated carbocycles. The number of hydrogen-bond donors (Lipinski definition) is 1. The van der Waals surface area contributed by atoms with Gasteiger partial charge in [-0.3, -0.25) is 15.0 Å². The molecular weight excluding hydrogens is 146 g/mol. The van der Waals surface area contributed by atoms with Gasteiger partial charge in [-0.1, -0.05) is 0 Å². The van der Waals surface area contributed by atoms with Gasteiger partial charge in [-0.15, -0.1) is 0 Å². The molecule has 1 rings (SSSR count). The SMILES string of the molecule is O=[N+]([O-])CCN1CCNCC1. The van der Waals surface area contributed by atoms with Crippen molar-refractivity contribution in [3.05, 3.63) is 10.1 Å². The second-order valence-electron chi connectivity index (χ2n) is 2.65. The third-order valence-electron chi connectivity index (χ3n) is 1.81. The molecule has 0 radical (unpaired) electrons. The van der Waals surface area contributed by atoms with Crippen molar-refractivity contribution in [2.45, 2.75) is 0 Å². The minimum absolute atomic E-state index is 0.0694. The normalized spacial score (nSPS) is 20.0. The summed E-state index contributed by atoms with van der Waals surface area (Å²) in [6, 6.07) is 0. The lowest BCUT2D eigenvalue weighted by molar-refractivity contribution is -0.480. The summed E-state index contributed by atoms with van der Waals surface area (Å²) in [6.45, 7) is 4.45. The van der Waals surface area contributed by atoms with Gasteiger partial charge in [0.25, 0.3) is 0 Å². The molecule has 5 heteroatoms. The summed E-state index contributed by atoms with van der Waals surface area (Å²) in [4.78, 5) is 11.9. The fourth-order valence-corrected chi connectivity index (χ4v) is 1.16. The van der Waals surface area contributed by atoms with Gasteiger partial charge in [-0.2, -0.15) is 0 Å². The van der Waals surface area contributed by atoms with Gasteiger partial charge in [0.1, 0.15) is 0 Å². The van der Waals surface area contributed by atoms with Gasteiger partial charge >= 0.3 is 0 Å². The van der Waals surface area contributed by atoms with E-state index in [9.17, 15) is 10.1 Å². The van der Waals surface area contributed by atoms with Crippen LogP contribution in [0.4, 0.5) is 0 Å². The predicted octanol–water partition coefficient (Wildman–Crippen LogP) is -0.832. The summed E-state index contributed by atoms with van der Waals surface area (Å²) in [7, 11) is 0. The molecule has 1 saturated heterocycles. The van der Waals surface area contributed by atoms with E-state index in [4.69, 9.17) is 0 Å². The van der Waals surface area contributed by atoms with Gasteiger partial charge in [0.05, 0.1) is 6.54 Å². The van der Waals surface area contributed by atoms with Crippen LogP contribution in [0.15, 0.2) is 0 Å². The maximum absolute atomic E-state index is 10.0. The highest BCUT2D eigenvalue weighted by molar-refractivity contribution is 4.66. The first-order valence-corrected chi connectivity index (χ1v) is 3.84. The molecule has 5 nitrogen and oxygen atoms in total. The molecule has 0 aromatic rings. The average Bonchev–Trinajstić information content (AvgIpc) is 2.03. The third-order valence-corrected chi connectivity index (χ3v) is 1.81. The Morgan fingerprint density at radius 1 is 1.45 bits per heavy atom. The zero-order valence-corrected chi connectivity index (χ0v) is 6.45. The topological polar surface area (TPSA) is 58.4 Å². The van der Waals surface area contributed by atoms with Gasteiger partial charge in [0.2, 0.25) is 6.54 Å². The van der Waals surface area contributed by atoms with E-state index in [1.807, 2.05) is 0 Å². The van der Waals surface area contributed by atoms with Crippen LogP contribution in [0.3, 0.4) is 0 Å². The van der Waals surface area contributed by atoms with E-state index in [0.29, 0.717) is 6.54 Å². The molecule has 1 fully saturated rings. The average molecular weight is 159 g/mol. The van der Waals surface area contributed by atoms with E-state index >= 15 is 0 Å². The summed E-state index contributed by atoms with van der Waals surface area (Å²) in [5.74, 6) is 0. The van der Waals surface area contributed by atoms with Crippen molar-refractivity contribution in [3.8, 4) is 0 Å².